The Balaban J connectivity index is 1.48. The summed E-state index contributed by atoms with van der Waals surface area (Å²) in [6.07, 6.45) is 3.51. The van der Waals surface area contributed by atoms with Gasteiger partial charge in [0.2, 0.25) is 5.95 Å². The van der Waals surface area contributed by atoms with Crippen LogP contribution in [0.5, 0.6) is 0 Å². The molecule has 1 fully saturated rings. The topological polar surface area (TPSA) is 110 Å². The minimum atomic E-state index is -3.03. The molecule has 0 bridgehead atoms. The predicted molar refractivity (Wildman–Crippen MR) is 123 cm³/mol. The number of anilines is 2. The van der Waals surface area contributed by atoms with Crippen molar-refractivity contribution >= 4 is 27.4 Å². The first-order valence-electron chi connectivity index (χ1n) is 10.5. The van der Waals surface area contributed by atoms with E-state index < -0.39 is 9.84 Å². The summed E-state index contributed by atoms with van der Waals surface area (Å²) in [5, 5.41) is 3.17. The zero-order valence-electron chi connectivity index (χ0n) is 18.3. The fourth-order valence-electron chi connectivity index (χ4n) is 3.78. The number of aryl methyl sites for hydroxylation is 1. The maximum Gasteiger partial charge on any atom is 0.253 e. The van der Waals surface area contributed by atoms with Crippen LogP contribution in [-0.2, 0) is 9.84 Å². The molecule has 1 saturated heterocycles. The zero-order chi connectivity index (χ0) is 22.9. The number of carbonyl (C=O) groups is 1. The van der Waals surface area contributed by atoms with E-state index in [1.807, 2.05) is 19.2 Å². The average molecular weight is 455 g/mol. The Morgan fingerprint density at radius 3 is 2.41 bits per heavy atom. The SMILES string of the molecule is Cc1ncc(-c2ccnc(Nc3ccc(C(=O)N4CCS(=O)(=O)CC4)cc3)n2)n1C(C)C. The van der Waals surface area contributed by atoms with E-state index in [2.05, 4.69) is 38.7 Å². The highest BCUT2D eigenvalue weighted by Crippen LogP contribution is 2.24. The van der Waals surface area contributed by atoms with E-state index in [9.17, 15) is 13.2 Å². The summed E-state index contributed by atoms with van der Waals surface area (Å²) in [5.74, 6) is 1.23. The number of carbonyl (C=O) groups excluding carboxylic acids is 1. The molecule has 32 heavy (non-hydrogen) atoms. The van der Waals surface area contributed by atoms with Gasteiger partial charge in [-0.3, -0.25) is 4.79 Å². The van der Waals surface area contributed by atoms with Crippen LogP contribution in [0.2, 0.25) is 0 Å². The molecule has 1 N–H and O–H groups in total. The van der Waals surface area contributed by atoms with Gasteiger partial charge in [-0.1, -0.05) is 0 Å². The van der Waals surface area contributed by atoms with E-state index in [1.165, 1.54) is 0 Å². The van der Waals surface area contributed by atoms with Crippen molar-refractivity contribution in [3.8, 4) is 11.4 Å². The summed E-state index contributed by atoms with van der Waals surface area (Å²) in [7, 11) is -3.03. The lowest BCUT2D eigenvalue weighted by Crippen LogP contribution is -2.43. The lowest BCUT2D eigenvalue weighted by atomic mass is 10.2. The summed E-state index contributed by atoms with van der Waals surface area (Å²) in [6.45, 7) is 6.63. The molecule has 0 spiro atoms. The van der Waals surface area contributed by atoms with E-state index in [-0.39, 0.29) is 36.5 Å². The maximum absolute atomic E-state index is 12.6. The highest BCUT2D eigenvalue weighted by Gasteiger charge is 2.25. The highest BCUT2D eigenvalue weighted by atomic mass is 32.2. The summed E-state index contributed by atoms with van der Waals surface area (Å²) < 4.78 is 25.3. The molecular weight excluding hydrogens is 428 g/mol. The van der Waals surface area contributed by atoms with Gasteiger partial charge in [-0.05, 0) is 51.1 Å². The molecule has 1 amide bonds. The van der Waals surface area contributed by atoms with E-state index in [4.69, 9.17) is 0 Å². The first kappa shape index (κ1) is 21.9. The number of hydrogen-bond acceptors (Lipinski definition) is 7. The summed E-state index contributed by atoms with van der Waals surface area (Å²) >= 11 is 0. The molecule has 168 valence electrons. The first-order chi connectivity index (χ1) is 15.2. The van der Waals surface area contributed by atoms with Gasteiger partial charge >= 0.3 is 0 Å². The number of sulfone groups is 1. The Bertz CT molecular complexity index is 1220. The smallest absolute Gasteiger partial charge is 0.253 e. The Labute approximate surface area is 187 Å². The van der Waals surface area contributed by atoms with Crippen LogP contribution in [0.15, 0.2) is 42.7 Å². The van der Waals surface area contributed by atoms with Gasteiger partial charge in [0.05, 0.1) is 29.1 Å². The monoisotopic (exact) mass is 454 g/mol. The van der Waals surface area contributed by atoms with Crippen molar-refractivity contribution in [1.82, 2.24) is 24.4 Å². The van der Waals surface area contributed by atoms with Crippen molar-refractivity contribution < 1.29 is 13.2 Å². The average Bonchev–Trinajstić information content (AvgIpc) is 3.16. The van der Waals surface area contributed by atoms with Gasteiger partial charge in [-0.2, -0.15) is 0 Å². The number of nitrogens with zero attached hydrogens (tertiary/aromatic N) is 5. The van der Waals surface area contributed by atoms with Crippen LogP contribution in [0.25, 0.3) is 11.4 Å². The fraction of sp³-hybridized carbons (Fsp3) is 0.364. The van der Waals surface area contributed by atoms with Crippen LogP contribution in [0, 0.1) is 6.92 Å². The van der Waals surface area contributed by atoms with Gasteiger partial charge in [-0.15, -0.1) is 0 Å². The molecule has 0 aliphatic carbocycles. The third kappa shape index (κ3) is 4.64. The number of aromatic nitrogens is 4. The molecular formula is C22H26N6O3S. The molecule has 1 aromatic carbocycles. The number of hydrogen-bond donors (Lipinski definition) is 1. The van der Waals surface area contributed by atoms with Crippen molar-refractivity contribution in [2.75, 3.05) is 29.9 Å². The van der Waals surface area contributed by atoms with Crippen LogP contribution in [0.1, 0.15) is 36.1 Å². The molecule has 0 radical (unpaired) electrons. The normalized spacial score (nSPS) is 15.7. The molecule has 4 rings (SSSR count). The molecule has 1 aliphatic heterocycles. The van der Waals surface area contributed by atoms with Crippen LogP contribution in [0.3, 0.4) is 0 Å². The molecule has 9 nitrogen and oxygen atoms in total. The third-order valence-electron chi connectivity index (χ3n) is 5.44. The van der Waals surface area contributed by atoms with E-state index in [0.29, 0.717) is 11.5 Å². The van der Waals surface area contributed by atoms with Gasteiger partial charge in [0.15, 0.2) is 9.84 Å². The number of benzene rings is 1. The van der Waals surface area contributed by atoms with E-state index in [1.54, 1.807) is 35.4 Å². The molecule has 0 atom stereocenters. The van der Waals surface area contributed by atoms with Crippen molar-refractivity contribution in [1.29, 1.82) is 0 Å². The van der Waals surface area contributed by atoms with Gasteiger partial charge < -0.3 is 14.8 Å². The van der Waals surface area contributed by atoms with Crippen LogP contribution in [-0.4, -0.2) is 63.3 Å². The third-order valence-corrected chi connectivity index (χ3v) is 7.05. The van der Waals surface area contributed by atoms with Gasteiger partial charge in [-0.25, -0.2) is 23.4 Å². The second kappa shape index (κ2) is 8.70. The minimum Gasteiger partial charge on any atom is -0.337 e. The molecule has 0 saturated carbocycles. The summed E-state index contributed by atoms with van der Waals surface area (Å²) in [4.78, 5) is 27.6. The Hall–Kier alpha value is -3.27. The second-order valence-electron chi connectivity index (χ2n) is 8.07. The number of imidazole rings is 1. The highest BCUT2D eigenvalue weighted by molar-refractivity contribution is 7.91. The fourth-order valence-corrected chi connectivity index (χ4v) is 4.98. The number of rotatable bonds is 5. The van der Waals surface area contributed by atoms with Crippen LogP contribution in [0.4, 0.5) is 11.6 Å². The Kier molecular flexibility index (Phi) is 5.96. The summed E-state index contributed by atoms with van der Waals surface area (Å²) in [6, 6.07) is 9.10. The summed E-state index contributed by atoms with van der Waals surface area (Å²) in [5.41, 5.74) is 2.95. The molecule has 3 aromatic rings. The van der Waals surface area contributed by atoms with Crippen molar-refractivity contribution in [2.24, 2.45) is 0 Å². The van der Waals surface area contributed by atoms with Crippen molar-refractivity contribution in [3.63, 3.8) is 0 Å². The lowest BCUT2D eigenvalue weighted by Gasteiger charge is -2.26. The zero-order valence-corrected chi connectivity index (χ0v) is 19.1. The van der Waals surface area contributed by atoms with Crippen molar-refractivity contribution in [3.05, 3.63) is 54.1 Å². The lowest BCUT2D eigenvalue weighted by molar-refractivity contribution is 0.0770. The first-order valence-corrected chi connectivity index (χ1v) is 12.3. The molecule has 10 heteroatoms. The molecule has 3 heterocycles. The van der Waals surface area contributed by atoms with Crippen molar-refractivity contribution in [2.45, 2.75) is 26.8 Å². The predicted octanol–water partition coefficient (Wildman–Crippen LogP) is 2.84. The van der Waals surface area contributed by atoms with E-state index in [0.717, 1.165) is 22.9 Å². The standard InChI is InChI=1S/C22H26N6O3S/c1-15(2)28-16(3)24-14-20(28)19-8-9-23-22(26-19)25-18-6-4-17(5-7-18)21(29)27-10-12-32(30,31)13-11-27/h4-9,14-15H,10-13H2,1-3H3,(H,23,25,26). The Morgan fingerprint density at radius 2 is 1.75 bits per heavy atom. The van der Waals surface area contributed by atoms with Crippen LogP contribution < -0.4 is 5.32 Å². The number of amides is 1. The van der Waals surface area contributed by atoms with Gasteiger partial charge in [0, 0.05) is 36.6 Å². The van der Waals surface area contributed by atoms with Gasteiger partial charge in [0.25, 0.3) is 5.91 Å². The Morgan fingerprint density at radius 1 is 1.06 bits per heavy atom. The quantitative estimate of drug-likeness (QED) is 0.631. The minimum absolute atomic E-state index is 0.0152. The molecule has 2 aromatic heterocycles. The number of nitrogens with one attached hydrogen (secondary N) is 1. The van der Waals surface area contributed by atoms with E-state index >= 15 is 0 Å². The maximum atomic E-state index is 12.6. The molecule has 1 aliphatic rings. The van der Waals surface area contributed by atoms with Gasteiger partial charge in [0.1, 0.15) is 5.82 Å². The molecule has 0 unspecified atom stereocenters. The largest absolute Gasteiger partial charge is 0.337 e. The second-order valence-corrected chi connectivity index (χ2v) is 10.4. The van der Waals surface area contributed by atoms with Crippen LogP contribution >= 0.6 is 0 Å².